The van der Waals surface area contributed by atoms with Crippen LogP contribution in [0.25, 0.3) is 44.8 Å². The van der Waals surface area contributed by atoms with Gasteiger partial charge in [-0.05, 0) is 38.1 Å². The van der Waals surface area contributed by atoms with E-state index in [-0.39, 0.29) is 0 Å². The first-order valence-electron chi connectivity index (χ1n) is 12.8. The van der Waals surface area contributed by atoms with Crippen LogP contribution in [-0.2, 0) is 6.54 Å². The van der Waals surface area contributed by atoms with E-state index in [1.165, 1.54) is 11.1 Å². The normalized spacial score (nSPS) is 10.6. The van der Waals surface area contributed by atoms with Gasteiger partial charge in [-0.25, -0.2) is 9.97 Å². The number of rotatable bonds is 5. The maximum absolute atomic E-state index is 5.93. The topological polar surface area (TPSA) is 46.5 Å². The van der Waals surface area contributed by atoms with Crippen LogP contribution in [0.1, 0.15) is 11.1 Å². The molecular weight excluding hydrogens is 638 g/mol. The Bertz CT molecular complexity index is 1570. The molecule has 0 fully saturated rings. The predicted molar refractivity (Wildman–Crippen MR) is 176 cm³/mol. The van der Waals surface area contributed by atoms with Crippen LogP contribution in [0.15, 0.2) is 97.1 Å². The number of fused-ring (bicyclic) bond motifs is 2. The molecule has 6 rings (SSSR count). The highest BCUT2D eigenvalue weighted by atomic mass is 127. The van der Waals surface area contributed by atoms with Gasteiger partial charge < -0.3 is 9.55 Å². The van der Waals surface area contributed by atoms with Gasteiger partial charge in [0.15, 0.2) is 0 Å². The molecule has 2 heterocycles. The van der Waals surface area contributed by atoms with Gasteiger partial charge in [-0.15, -0.1) is 23.2 Å². The standard InChI is InChI=1S/C16H15ClN2.C14H12N2.C2H4ClI/c1-12-6-8-13(9-7-12)16-18-14-4-2-3-5-15(14)19(16)11-10-17;1-10-6-8-11(9-7-10)14-15-12-4-2-3-5-13(12)16-14;3-1-2-4/h2-9H,10-11H2,1H3;2-9H,1H3,(H,15,16);1-2H2. The summed E-state index contributed by atoms with van der Waals surface area (Å²) in [4.78, 5) is 12.6. The molecule has 0 aliphatic rings. The molecule has 0 saturated heterocycles. The van der Waals surface area contributed by atoms with Crippen molar-refractivity contribution in [3.05, 3.63) is 108 Å². The lowest BCUT2D eigenvalue weighted by atomic mass is 10.1. The number of H-pyrrole nitrogens is 1. The Morgan fingerprint density at radius 3 is 1.85 bits per heavy atom. The number of hydrogen-bond acceptors (Lipinski definition) is 2. The first kappa shape index (κ1) is 29.1. The highest BCUT2D eigenvalue weighted by Gasteiger charge is 2.11. The molecule has 4 nitrogen and oxygen atoms in total. The van der Waals surface area contributed by atoms with E-state index in [9.17, 15) is 0 Å². The van der Waals surface area contributed by atoms with Gasteiger partial charge in [-0.2, -0.15) is 0 Å². The first-order chi connectivity index (χ1) is 19.0. The summed E-state index contributed by atoms with van der Waals surface area (Å²) in [5, 5.41) is 0. The largest absolute Gasteiger partial charge is 0.338 e. The number of aromatic nitrogens is 4. The molecule has 0 aliphatic heterocycles. The predicted octanol–water partition coefficient (Wildman–Crippen LogP) is 9.45. The van der Waals surface area contributed by atoms with E-state index >= 15 is 0 Å². The molecule has 1 N–H and O–H groups in total. The van der Waals surface area contributed by atoms with Crippen molar-refractivity contribution in [1.29, 1.82) is 0 Å². The Morgan fingerprint density at radius 1 is 0.692 bits per heavy atom. The van der Waals surface area contributed by atoms with E-state index in [4.69, 9.17) is 28.2 Å². The van der Waals surface area contributed by atoms with Crippen molar-refractivity contribution in [3.8, 4) is 22.8 Å². The first-order valence-corrected chi connectivity index (χ1v) is 15.4. The molecule has 2 aromatic heterocycles. The van der Waals surface area contributed by atoms with Crippen LogP contribution in [0.4, 0.5) is 0 Å². The Kier molecular flexibility index (Phi) is 10.8. The number of imidazole rings is 2. The van der Waals surface area contributed by atoms with Gasteiger partial charge in [-0.3, -0.25) is 0 Å². The van der Waals surface area contributed by atoms with Crippen LogP contribution in [0.2, 0.25) is 0 Å². The number of nitrogens with zero attached hydrogens (tertiary/aromatic N) is 3. The molecule has 4 aromatic carbocycles. The number of hydrogen-bond donors (Lipinski definition) is 1. The number of benzene rings is 4. The monoisotopic (exact) mass is 668 g/mol. The fraction of sp³-hybridized carbons (Fsp3) is 0.188. The van der Waals surface area contributed by atoms with Crippen LogP contribution in [0, 0.1) is 13.8 Å². The van der Waals surface area contributed by atoms with E-state index in [1.54, 1.807) is 0 Å². The average molecular weight is 669 g/mol. The fourth-order valence-electron chi connectivity index (χ4n) is 4.11. The van der Waals surface area contributed by atoms with Crippen LogP contribution >= 0.6 is 45.8 Å². The summed E-state index contributed by atoms with van der Waals surface area (Å²) < 4.78 is 3.24. The molecule has 7 heteroatoms. The Morgan fingerprint density at radius 2 is 1.26 bits per heavy atom. The van der Waals surface area contributed by atoms with Crippen molar-refractivity contribution in [1.82, 2.24) is 19.5 Å². The summed E-state index contributed by atoms with van der Waals surface area (Å²) in [7, 11) is 0. The average Bonchev–Trinajstić information content (AvgIpc) is 3.57. The van der Waals surface area contributed by atoms with Crippen molar-refractivity contribution in [2.24, 2.45) is 0 Å². The van der Waals surface area contributed by atoms with E-state index in [1.807, 2.05) is 42.5 Å². The summed E-state index contributed by atoms with van der Waals surface area (Å²) in [6.45, 7) is 4.94. The van der Waals surface area contributed by atoms with Gasteiger partial charge in [0.1, 0.15) is 11.6 Å². The number of nitrogens with one attached hydrogen (secondary N) is 1. The quantitative estimate of drug-likeness (QED) is 0.147. The number of para-hydroxylation sites is 4. The summed E-state index contributed by atoms with van der Waals surface area (Å²) in [5.74, 6) is 3.28. The minimum atomic E-state index is 0.583. The van der Waals surface area contributed by atoms with Crippen LogP contribution in [-0.4, -0.2) is 35.7 Å². The second kappa shape index (κ2) is 14.5. The summed E-state index contributed by atoms with van der Waals surface area (Å²) in [5.41, 5.74) is 9.02. The van der Waals surface area contributed by atoms with Crippen LogP contribution in [0.5, 0.6) is 0 Å². The highest BCUT2D eigenvalue weighted by molar-refractivity contribution is 14.1. The third kappa shape index (κ3) is 7.62. The summed E-state index contributed by atoms with van der Waals surface area (Å²) in [6, 6.07) is 33.1. The maximum Gasteiger partial charge on any atom is 0.141 e. The lowest BCUT2D eigenvalue weighted by Gasteiger charge is -2.07. The third-order valence-electron chi connectivity index (χ3n) is 6.06. The molecule has 39 heavy (non-hydrogen) atoms. The maximum atomic E-state index is 5.93. The van der Waals surface area contributed by atoms with Crippen molar-refractivity contribution in [2.45, 2.75) is 20.4 Å². The second-order valence-corrected chi connectivity index (χ2v) is 10.8. The van der Waals surface area contributed by atoms with Gasteiger partial charge in [-0.1, -0.05) is 107 Å². The van der Waals surface area contributed by atoms with Crippen molar-refractivity contribution in [3.63, 3.8) is 0 Å². The minimum absolute atomic E-state index is 0.583. The number of aromatic amines is 1. The Hall–Kier alpha value is -2.87. The van der Waals surface area contributed by atoms with Gasteiger partial charge in [0.2, 0.25) is 0 Å². The number of aryl methyl sites for hydroxylation is 3. The summed E-state index contributed by atoms with van der Waals surface area (Å²) in [6.07, 6.45) is 0. The molecular formula is C32H31Cl2IN4. The van der Waals surface area contributed by atoms with Crippen molar-refractivity contribution >= 4 is 67.9 Å². The highest BCUT2D eigenvalue weighted by Crippen LogP contribution is 2.25. The van der Waals surface area contributed by atoms with E-state index in [0.29, 0.717) is 5.88 Å². The fourth-order valence-corrected chi connectivity index (χ4v) is 4.28. The zero-order chi connectivity index (χ0) is 27.6. The van der Waals surface area contributed by atoms with Gasteiger partial charge in [0.25, 0.3) is 0 Å². The molecule has 0 unspecified atom stereocenters. The Labute approximate surface area is 253 Å². The van der Waals surface area contributed by atoms with Crippen LogP contribution in [0.3, 0.4) is 0 Å². The zero-order valence-electron chi connectivity index (χ0n) is 22.0. The smallest absolute Gasteiger partial charge is 0.141 e. The minimum Gasteiger partial charge on any atom is -0.338 e. The SMILES string of the molecule is Cc1ccc(-c2nc3ccccc3[nH]2)cc1.Cc1ccc(-c2nc3ccccc3n2CCCl)cc1.ClCCI. The summed E-state index contributed by atoms with van der Waals surface area (Å²) >= 11 is 13.3. The molecule has 6 aromatic rings. The second-order valence-electron chi connectivity index (χ2n) is 8.98. The molecule has 0 atom stereocenters. The molecule has 0 radical (unpaired) electrons. The van der Waals surface area contributed by atoms with Crippen molar-refractivity contribution in [2.75, 3.05) is 16.2 Å². The molecule has 0 amide bonds. The van der Waals surface area contributed by atoms with E-state index < -0.39 is 0 Å². The Balaban J connectivity index is 0.000000161. The van der Waals surface area contributed by atoms with Gasteiger partial charge >= 0.3 is 0 Å². The van der Waals surface area contributed by atoms with Gasteiger partial charge in [0, 0.05) is 33.9 Å². The zero-order valence-corrected chi connectivity index (χ0v) is 25.7. The lowest BCUT2D eigenvalue weighted by molar-refractivity contribution is 0.802. The van der Waals surface area contributed by atoms with Gasteiger partial charge in [0.05, 0.1) is 22.1 Å². The number of alkyl halides is 3. The lowest BCUT2D eigenvalue weighted by Crippen LogP contribution is -2.01. The van der Waals surface area contributed by atoms with E-state index in [2.05, 4.69) is 106 Å². The molecule has 0 aliphatic carbocycles. The number of halogens is 3. The molecule has 0 saturated carbocycles. The van der Waals surface area contributed by atoms with Crippen LogP contribution < -0.4 is 0 Å². The third-order valence-corrected chi connectivity index (χ3v) is 7.59. The van der Waals surface area contributed by atoms with Crippen molar-refractivity contribution < 1.29 is 0 Å². The molecule has 0 spiro atoms. The molecule has 200 valence electrons. The van der Waals surface area contributed by atoms with E-state index in [0.717, 1.165) is 61.7 Å². The molecule has 0 bridgehead atoms.